The smallest absolute Gasteiger partial charge is 0.242 e. The van der Waals surface area contributed by atoms with E-state index in [1.54, 1.807) is 4.90 Å². The average Bonchev–Trinajstić information content (AvgIpc) is 2.76. The van der Waals surface area contributed by atoms with Gasteiger partial charge in [-0.1, -0.05) is 6.07 Å². The predicted molar refractivity (Wildman–Crippen MR) is 88.9 cm³/mol. The van der Waals surface area contributed by atoms with Crippen molar-refractivity contribution in [2.24, 2.45) is 0 Å². The third-order valence-electron chi connectivity index (χ3n) is 3.98. The topological polar surface area (TPSA) is 66.5 Å². The van der Waals surface area contributed by atoms with Crippen LogP contribution >= 0.6 is 0 Å². The van der Waals surface area contributed by atoms with Crippen LogP contribution in [0.5, 0.6) is 0 Å². The Bertz CT molecular complexity index is 635. The highest BCUT2D eigenvalue weighted by atomic mass is 32.2. The summed E-state index contributed by atoms with van der Waals surface area (Å²) >= 11 is 0. The van der Waals surface area contributed by atoms with E-state index in [-0.39, 0.29) is 30.0 Å². The second-order valence-electron chi connectivity index (χ2n) is 5.97. The molecular weight excluding hydrogens is 300 g/mol. The summed E-state index contributed by atoms with van der Waals surface area (Å²) in [6.07, 6.45) is 0.547. The van der Waals surface area contributed by atoms with Crippen LogP contribution in [0, 0.1) is 13.8 Å². The number of amides is 1. The molecule has 1 atom stereocenters. The van der Waals surface area contributed by atoms with Crippen LogP contribution in [0.4, 0.5) is 5.69 Å². The van der Waals surface area contributed by atoms with Crippen LogP contribution in [0.15, 0.2) is 18.2 Å². The summed E-state index contributed by atoms with van der Waals surface area (Å²) in [5.74, 6) is 0.228. The number of carbonyl (C=O) groups excluding carboxylic acids is 1. The fourth-order valence-corrected chi connectivity index (χ4v) is 4.75. The van der Waals surface area contributed by atoms with Gasteiger partial charge in [0.2, 0.25) is 5.91 Å². The largest absolute Gasteiger partial charge is 0.376 e. The van der Waals surface area contributed by atoms with Crippen LogP contribution in [-0.2, 0) is 14.6 Å². The Morgan fingerprint density at radius 1 is 1.27 bits per heavy atom. The molecule has 1 amide bonds. The van der Waals surface area contributed by atoms with Crippen molar-refractivity contribution in [1.29, 1.82) is 0 Å². The fraction of sp³-hybridized carbons (Fsp3) is 0.562. The van der Waals surface area contributed by atoms with Gasteiger partial charge in [0, 0.05) is 18.3 Å². The lowest BCUT2D eigenvalue weighted by molar-refractivity contribution is -0.130. The first-order chi connectivity index (χ1) is 10.3. The number of nitrogens with zero attached hydrogens (tertiary/aromatic N) is 1. The van der Waals surface area contributed by atoms with Gasteiger partial charge in [-0.15, -0.1) is 0 Å². The van der Waals surface area contributed by atoms with Crippen LogP contribution in [0.25, 0.3) is 0 Å². The molecule has 22 heavy (non-hydrogen) atoms. The standard InChI is InChI=1S/C16H24N2O3S/c1-4-18(15-5-6-22(20,21)11-15)16(19)10-17-14-8-12(2)7-13(3)9-14/h7-9,15,17H,4-6,10-11H2,1-3H3. The summed E-state index contributed by atoms with van der Waals surface area (Å²) in [5.41, 5.74) is 3.20. The third kappa shape index (κ3) is 4.22. The van der Waals surface area contributed by atoms with Gasteiger partial charge in [0.15, 0.2) is 9.84 Å². The quantitative estimate of drug-likeness (QED) is 0.896. The number of sulfone groups is 1. The Kier molecular flexibility index (Phi) is 5.11. The van der Waals surface area contributed by atoms with Gasteiger partial charge in [-0.05, 0) is 50.5 Å². The zero-order valence-corrected chi connectivity index (χ0v) is 14.2. The molecule has 1 saturated heterocycles. The molecule has 1 heterocycles. The summed E-state index contributed by atoms with van der Waals surface area (Å²) in [5, 5.41) is 3.14. The van der Waals surface area contributed by atoms with Gasteiger partial charge in [0.05, 0.1) is 18.1 Å². The van der Waals surface area contributed by atoms with Gasteiger partial charge >= 0.3 is 0 Å². The molecule has 0 spiro atoms. The third-order valence-corrected chi connectivity index (χ3v) is 5.73. The van der Waals surface area contributed by atoms with Crippen molar-refractivity contribution in [3.05, 3.63) is 29.3 Å². The summed E-state index contributed by atoms with van der Waals surface area (Å²) < 4.78 is 23.2. The highest BCUT2D eigenvalue weighted by Gasteiger charge is 2.33. The van der Waals surface area contributed by atoms with Gasteiger partial charge in [-0.25, -0.2) is 8.42 Å². The lowest BCUT2D eigenvalue weighted by atomic mass is 10.1. The predicted octanol–water partition coefficient (Wildman–Crippen LogP) is 1.75. The second-order valence-corrected chi connectivity index (χ2v) is 8.20. The van der Waals surface area contributed by atoms with Crippen molar-refractivity contribution in [2.75, 3.05) is 29.9 Å². The van der Waals surface area contributed by atoms with Crippen molar-refractivity contribution < 1.29 is 13.2 Å². The van der Waals surface area contributed by atoms with Crippen LogP contribution in [0.3, 0.4) is 0 Å². The molecule has 1 aliphatic heterocycles. The fourth-order valence-electron chi connectivity index (χ4n) is 3.02. The molecule has 6 heteroatoms. The number of likely N-dealkylation sites (N-methyl/N-ethyl adjacent to an activating group) is 1. The van der Waals surface area contributed by atoms with Gasteiger partial charge < -0.3 is 10.2 Å². The molecule has 2 rings (SSSR count). The Labute approximate surface area is 132 Å². The van der Waals surface area contributed by atoms with Gasteiger partial charge in [-0.2, -0.15) is 0 Å². The first-order valence-electron chi connectivity index (χ1n) is 7.63. The minimum absolute atomic E-state index is 0.0521. The molecule has 1 unspecified atom stereocenters. The number of carbonyl (C=O) groups is 1. The van der Waals surface area contributed by atoms with Crippen LogP contribution in [-0.4, -0.2) is 49.9 Å². The van der Waals surface area contributed by atoms with Gasteiger partial charge in [-0.3, -0.25) is 4.79 Å². The summed E-state index contributed by atoms with van der Waals surface area (Å²) in [6.45, 7) is 6.64. The highest BCUT2D eigenvalue weighted by molar-refractivity contribution is 7.91. The molecule has 0 aliphatic carbocycles. The van der Waals surface area contributed by atoms with E-state index in [4.69, 9.17) is 0 Å². The van der Waals surface area contributed by atoms with Crippen molar-refractivity contribution >= 4 is 21.4 Å². The number of hydrogen-bond donors (Lipinski definition) is 1. The van der Waals surface area contributed by atoms with Crippen molar-refractivity contribution in [3.63, 3.8) is 0 Å². The summed E-state index contributed by atoms with van der Waals surface area (Å²) in [4.78, 5) is 14.1. The van der Waals surface area contributed by atoms with Crippen molar-refractivity contribution in [1.82, 2.24) is 4.90 Å². The zero-order valence-electron chi connectivity index (χ0n) is 13.4. The number of rotatable bonds is 5. The van der Waals surface area contributed by atoms with Crippen LogP contribution in [0.2, 0.25) is 0 Å². The molecule has 1 aromatic rings. The maximum absolute atomic E-state index is 12.4. The number of benzene rings is 1. The SMILES string of the molecule is CCN(C(=O)CNc1cc(C)cc(C)c1)C1CCS(=O)(=O)C1. The Balaban J connectivity index is 1.98. The molecule has 1 aliphatic rings. The Morgan fingerprint density at radius 2 is 1.91 bits per heavy atom. The number of anilines is 1. The number of nitrogens with one attached hydrogen (secondary N) is 1. The maximum Gasteiger partial charge on any atom is 0.242 e. The maximum atomic E-state index is 12.4. The van der Waals surface area contributed by atoms with Crippen LogP contribution < -0.4 is 5.32 Å². The molecule has 0 radical (unpaired) electrons. The van der Waals surface area contributed by atoms with E-state index < -0.39 is 9.84 Å². The molecule has 5 nitrogen and oxygen atoms in total. The van der Waals surface area contributed by atoms with Gasteiger partial charge in [0.1, 0.15) is 0 Å². The molecule has 1 N–H and O–H groups in total. The second kappa shape index (κ2) is 6.69. The first kappa shape index (κ1) is 16.8. The van der Waals surface area contributed by atoms with Crippen molar-refractivity contribution in [2.45, 2.75) is 33.2 Å². The molecule has 0 bridgehead atoms. The van der Waals surface area contributed by atoms with Crippen molar-refractivity contribution in [3.8, 4) is 0 Å². The molecule has 0 aromatic heterocycles. The molecular formula is C16H24N2O3S. The zero-order chi connectivity index (χ0) is 16.3. The lowest BCUT2D eigenvalue weighted by Gasteiger charge is -2.27. The Morgan fingerprint density at radius 3 is 2.41 bits per heavy atom. The van der Waals surface area contributed by atoms with E-state index in [2.05, 4.69) is 11.4 Å². The molecule has 1 fully saturated rings. The van der Waals surface area contributed by atoms with E-state index in [1.165, 1.54) is 0 Å². The van der Waals surface area contributed by atoms with Crippen LogP contribution in [0.1, 0.15) is 24.5 Å². The van der Waals surface area contributed by atoms with E-state index >= 15 is 0 Å². The molecule has 0 saturated carbocycles. The van der Waals surface area contributed by atoms with E-state index in [0.717, 1.165) is 16.8 Å². The molecule has 1 aromatic carbocycles. The monoisotopic (exact) mass is 324 g/mol. The Hall–Kier alpha value is -1.56. The normalized spacial score (nSPS) is 19.9. The van der Waals surface area contributed by atoms with E-state index in [1.807, 2.05) is 32.9 Å². The number of aryl methyl sites for hydroxylation is 2. The summed E-state index contributed by atoms with van der Waals surface area (Å²) in [7, 11) is -2.98. The minimum atomic E-state index is -2.98. The summed E-state index contributed by atoms with van der Waals surface area (Å²) in [6, 6.07) is 5.89. The first-order valence-corrected chi connectivity index (χ1v) is 9.45. The van der Waals surface area contributed by atoms with Gasteiger partial charge in [0.25, 0.3) is 0 Å². The number of hydrogen-bond acceptors (Lipinski definition) is 4. The minimum Gasteiger partial charge on any atom is -0.376 e. The lowest BCUT2D eigenvalue weighted by Crippen LogP contribution is -2.43. The van der Waals surface area contributed by atoms with E-state index in [9.17, 15) is 13.2 Å². The van der Waals surface area contributed by atoms with E-state index in [0.29, 0.717) is 13.0 Å². The molecule has 122 valence electrons. The average molecular weight is 324 g/mol. The highest BCUT2D eigenvalue weighted by Crippen LogP contribution is 2.18.